The van der Waals surface area contributed by atoms with E-state index >= 15 is 0 Å². The average molecular weight is 499 g/mol. The molecule has 3 heterocycles. The zero-order valence-electron chi connectivity index (χ0n) is 19.9. The van der Waals surface area contributed by atoms with E-state index < -0.39 is 12.1 Å². The van der Waals surface area contributed by atoms with Crippen molar-refractivity contribution < 1.29 is 9.90 Å². The van der Waals surface area contributed by atoms with E-state index in [0.29, 0.717) is 23.7 Å². The van der Waals surface area contributed by atoms with Crippen LogP contribution in [0.15, 0.2) is 72.5 Å². The Morgan fingerprint density at radius 3 is 2.58 bits per heavy atom. The number of carbonyl (C=O) groups excluding carboxylic acids is 1. The Hall–Kier alpha value is -4.21. The standard InChI is InChI=1S/C27H26N6O2S/c1-16-4-3-5-21(10-16)33(27(29)35)20-8-6-18(7-9-20)23-15-36-25-22(12-30-26(28)24(23)25)19-11-31-32(14-19)13-17(2)34/h3-12,14-15,17,34H,13H2,1-2H3,(H2,28,30)(H2,29,35)/t17-/m0/s1. The molecule has 5 rings (SSSR count). The number of carbonyl (C=O) groups is 1. The number of thiophene rings is 1. The third-order valence-corrected chi connectivity index (χ3v) is 6.95. The number of fused-ring (bicyclic) bond motifs is 1. The molecule has 0 saturated heterocycles. The average Bonchev–Trinajstić information content (AvgIpc) is 3.48. The van der Waals surface area contributed by atoms with Crippen molar-refractivity contribution in [1.82, 2.24) is 14.8 Å². The fourth-order valence-electron chi connectivity index (χ4n) is 4.32. The Morgan fingerprint density at radius 1 is 1.11 bits per heavy atom. The van der Waals surface area contributed by atoms with Crippen molar-refractivity contribution >= 4 is 44.6 Å². The predicted molar refractivity (Wildman–Crippen MR) is 145 cm³/mol. The lowest BCUT2D eigenvalue weighted by atomic mass is 10.0. The summed E-state index contributed by atoms with van der Waals surface area (Å²) in [7, 11) is 0. The summed E-state index contributed by atoms with van der Waals surface area (Å²) < 4.78 is 2.73. The van der Waals surface area contributed by atoms with E-state index in [1.807, 2.05) is 61.7 Å². The first-order valence-corrected chi connectivity index (χ1v) is 12.3. The smallest absolute Gasteiger partial charge is 0.323 e. The number of amides is 2. The van der Waals surface area contributed by atoms with Crippen LogP contribution in [-0.2, 0) is 6.54 Å². The van der Waals surface area contributed by atoms with E-state index in [0.717, 1.165) is 37.9 Å². The van der Waals surface area contributed by atoms with Gasteiger partial charge in [0, 0.05) is 39.2 Å². The molecule has 8 nitrogen and oxygen atoms in total. The van der Waals surface area contributed by atoms with Crippen molar-refractivity contribution in [2.75, 3.05) is 10.6 Å². The molecule has 0 bridgehead atoms. The van der Waals surface area contributed by atoms with Crippen molar-refractivity contribution in [1.29, 1.82) is 0 Å². The van der Waals surface area contributed by atoms with E-state index in [4.69, 9.17) is 11.5 Å². The molecule has 2 amide bonds. The van der Waals surface area contributed by atoms with Crippen LogP contribution in [0.25, 0.3) is 32.3 Å². The van der Waals surface area contributed by atoms with Gasteiger partial charge in [-0.25, -0.2) is 9.78 Å². The van der Waals surface area contributed by atoms with Crippen LogP contribution in [0.5, 0.6) is 0 Å². The largest absolute Gasteiger partial charge is 0.391 e. The topological polar surface area (TPSA) is 123 Å². The van der Waals surface area contributed by atoms with Gasteiger partial charge in [-0.2, -0.15) is 5.10 Å². The van der Waals surface area contributed by atoms with Gasteiger partial charge < -0.3 is 16.6 Å². The molecule has 0 saturated carbocycles. The summed E-state index contributed by atoms with van der Waals surface area (Å²) in [6, 6.07) is 14.7. The highest BCUT2D eigenvalue weighted by molar-refractivity contribution is 7.18. The first-order chi connectivity index (χ1) is 17.3. The Balaban J connectivity index is 1.53. The highest BCUT2D eigenvalue weighted by Gasteiger charge is 2.18. The van der Waals surface area contributed by atoms with Crippen molar-refractivity contribution in [3.63, 3.8) is 0 Å². The molecule has 9 heteroatoms. The number of aliphatic hydroxyl groups excluding tert-OH is 1. The van der Waals surface area contributed by atoms with Crippen LogP contribution in [0.4, 0.5) is 22.0 Å². The number of hydrogen-bond acceptors (Lipinski definition) is 6. The van der Waals surface area contributed by atoms with Crippen LogP contribution in [0.3, 0.4) is 0 Å². The number of anilines is 3. The molecule has 2 aromatic carbocycles. The van der Waals surface area contributed by atoms with Gasteiger partial charge in [0.1, 0.15) is 5.82 Å². The van der Waals surface area contributed by atoms with Gasteiger partial charge in [0.2, 0.25) is 0 Å². The van der Waals surface area contributed by atoms with Crippen molar-refractivity contribution in [3.8, 4) is 22.3 Å². The van der Waals surface area contributed by atoms with Crippen molar-refractivity contribution in [3.05, 3.63) is 78.1 Å². The van der Waals surface area contributed by atoms with Crippen molar-refractivity contribution in [2.45, 2.75) is 26.5 Å². The summed E-state index contributed by atoms with van der Waals surface area (Å²) in [6.07, 6.45) is 4.94. The number of primary amides is 1. The number of aromatic nitrogens is 3. The lowest BCUT2D eigenvalue weighted by Gasteiger charge is -2.21. The summed E-state index contributed by atoms with van der Waals surface area (Å²) in [5.41, 5.74) is 18.2. The summed E-state index contributed by atoms with van der Waals surface area (Å²) >= 11 is 1.59. The van der Waals surface area contributed by atoms with Crippen LogP contribution in [0.1, 0.15) is 12.5 Å². The van der Waals surface area contributed by atoms with Crippen LogP contribution < -0.4 is 16.4 Å². The second-order valence-electron chi connectivity index (χ2n) is 8.77. The Labute approximate surface area is 212 Å². The first kappa shape index (κ1) is 23.5. The maximum Gasteiger partial charge on any atom is 0.323 e. The minimum Gasteiger partial charge on any atom is -0.391 e. The highest BCUT2D eigenvalue weighted by atomic mass is 32.1. The summed E-state index contributed by atoms with van der Waals surface area (Å²) in [5, 5.41) is 17.0. The van der Waals surface area contributed by atoms with E-state index in [2.05, 4.69) is 15.5 Å². The molecule has 0 spiro atoms. The quantitative estimate of drug-likeness (QED) is 0.293. The number of nitrogens with two attached hydrogens (primary N) is 2. The van der Waals surface area contributed by atoms with Gasteiger partial charge in [-0.05, 0) is 54.6 Å². The molecule has 5 aromatic rings. The predicted octanol–water partition coefficient (Wildman–Crippen LogP) is 5.32. The third-order valence-electron chi connectivity index (χ3n) is 5.94. The van der Waals surface area contributed by atoms with Crippen LogP contribution in [-0.4, -0.2) is 32.0 Å². The van der Waals surface area contributed by atoms with Gasteiger partial charge in [0.15, 0.2) is 0 Å². The second-order valence-corrected chi connectivity index (χ2v) is 9.65. The van der Waals surface area contributed by atoms with Crippen molar-refractivity contribution in [2.24, 2.45) is 5.73 Å². The summed E-state index contributed by atoms with van der Waals surface area (Å²) in [6.45, 7) is 4.11. The molecular weight excluding hydrogens is 472 g/mol. The number of rotatable bonds is 6. The van der Waals surface area contributed by atoms with E-state index in [9.17, 15) is 9.90 Å². The Kier molecular flexibility index (Phi) is 6.17. The SMILES string of the molecule is Cc1cccc(N(C(N)=O)c2ccc(-c3csc4c(-c5cnn(C[C@H](C)O)c5)cnc(N)c34)cc2)c1. The molecule has 3 aromatic heterocycles. The molecule has 0 aliphatic carbocycles. The van der Waals surface area contributed by atoms with Crippen LogP contribution >= 0.6 is 11.3 Å². The second kappa shape index (κ2) is 9.44. The fraction of sp³-hybridized carbons (Fsp3) is 0.148. The number of nitrogens with zero attached hydrogens (tertiary/aromatic N) is 4. The number of hydrogen-bond donors (Lipinski definition) is 3. The molecular formula is C27H26N6O2S. The minimum atomic E-state index is -0.552. The third kappa shape index (κ3) is 4.41. The van der Waals surface area contributed by atoms with E-state index in [-0.39, 0.29) is 0 Å². The molecule has 0 unspecified atom stereocenters. The minimum absolute atomic E-state index is 0.415. The number of aliphatic hydroxyl groups is 1. The Morgan fingerprint density at radius 2 is 1.89 bits per heavy atom. The van der Waals surface area contributed by atoms with Gasteiger partial charge in [0.05, 0.1) is 30.2 Å². The molecule has 0 radical (unpaired) electrons. The molecule has 182 valence electrons. The van der Waals surface area contributed by atoms with E-state index in [1.165, 1.54) is 4.90 Å². The van der Waals surface area contributed by atoms with Crippen LogP contribution in [0.2, 0.25) is 0 Å². The van der Waals surface area contributed by atoms with E-state index in [1.54, 1.807) is 35.3 Å². The van der Waals surface area contributed by atoms with Gasteiger partial charge in [-0.15, -0.1) is 11.3 Å². The van der Waals surface area contributed by atoms with Gasteiger partial charge in [0.25, 0.3) is 0 Å². The van der Waals surface area contributed by atoms with Crippen LogP contribution in [0, 0.1) is 6.92 Å². The lowest BCUT2D eigenvalue weighted by molar-refractivity contribution is 0.168. The number of aryl methyl sites for hydroxylation is 1. The fourth-order valence-corrected chi connectivity index (χ4v) is 5.44. The lowest BCUT2D eigenvalue weighted by Crippen LogP contribution is -2.31. The zero-order valence-corrected chi connectivity index (χ0v) is 20.7. The number of urea groups is 1. The van der Waals surface area contributed by atoms with Gasteiger partial charge in [-0.1, -0.05) is 24.3 Å². The zero-order chi connectivity index (χ0) is 25.4. The number of nitrogen functional groups attached to an aromatic ring is 1. The molecule has 0 fully saturated rings. The normalized spacial score (nSPS) is 12.1. The van der Waals surface area contributed by atoms with Gasteiger partial charge in [-0.3, -0.25) is 9.58 Å². The molecule has 0 aliphatic rings. The summed E-state index contributed by atoms with van der Waals surface area (Å²) in [4.78, 5) is 18.2. The number of pyridine rings is 1. The summed E-state index contributed by atoms with van der Waals surface area (Å²) in [5.74, 6) is 0.448. The highest BCUT2D eigenvalue weighted by Crippen LogP contribution is 2.42. The first-order valence-electron chi connectivity index (χ1n) is 11.4. The number of benzene rings is 2. The Bertz CT molecular complexity index is 1550. The molecule has 1 atom stereocenters. The maximum absolute atomic E-state index is 12.3. The molecule has 0 aliphatic heterocycles. The molecule has 36 heavy (non-hydrogen) atoms. The maximum atomic E-state index is 12.3. The monoisotopic (exact) mass is 498 g/mol. The van der Waals surface area contributed by atoms with Gasteiger partial charge >= 0.3 is 6.03 Å². The molecule has 5 N–H and O–H groups in total.